The molecule has 0 radical (unpaired) electrons. The summed E-state index contributed by atoms with van der Waals surface area (Å²) in [5.74, 6) is -1.38. The molecule has 1 aromatic carbocycles. The summed E-state index contributed by atoms with van der Waals surface area (Å²) in [7, 11) is 0. The number of aromatic carboxylic acids is 1. The van der Waals surface area contributed by atoms with Gasteiger partial charge in [-0.05, 0) is 28.1 Å². The van der Waals surface area contributed by atoms with Crippen LogP contribution in [0, 0.1) is 0 Å². The molecule has 1 aromatic heterocycles. The van der Waals surface area contributed by atoms with Crippen LogP contribution in [0.1, 0.15) is 10.6 Å². The van der Waals surface area contributed by atoms with E-state index in [0.29, 0.717) is 15.4 Å². The van der Waals surface area contributed by atoms with Gasteiger partial charge in [-0.25, -0.2) is 4.79 Å². The fourth-order valence-corrected chi connectivity index (χ4v) is 1.71. The van der Waals surface area contributed by atoms with Crippen molar-refractivity contribution in [2.24, 2.45) is 0 Å². The maximum absolute atomic E-state index is 10.7. The van der Waals surface area contributed by atoms with Crippen LogP contribution >= 0.6 is 15.9 Å². The minimum atomic E-state index is -1.16. The molecule has 5 heteroatoms. The summed E-state index contributed by atoms with van der Waals surface area (Å²) in [6.45, 7) is 0. The van der Waals surface area contributed by atoms with Gasteiger partial charge in [-0.15, -0.1) is 0 Å². The third-order valence-corrected chi connectivity index (χ3v) is 2.52. The van der Waals surface area contributed by atoms with Gasteiger partial charge in [0.1, 0.15) is 0 Å². The number of anilines is 1. The molecular weight excluding hydrogens is 250 g/mol. The van der Waals surface area contributed by atoms with Crippen LogP contribution in [0.25, 0.3) is 11.0 Å². The number of hydrogen-bond donors (Lipinski definition) is 2. The molecule has 1 heterocycles. The average Bonchev–Trinajstić information content (AvgIpc) is 2.46. The number of carboxylic acids is 1. The van der Waals surface area contributed by atoms with Gasteiger partial charge in [-0.1, -0.05) is 6.07 Å². The van der Waals surface area contributed by atoms with Crippen molar-refractivity contribution in [2.45, 2.75) is 0 Å². The molecule has 0 unspecified atom stereocenters. The Morgan fingerprint density at radius 2 is 2.21 bits per heavy atom. The van der Waals surface area contributed by atoms with Gasteiger partial charge in [-0.2, -0.15) is 0 Å². The van der Waals surface area contributed by atoms with Crippen LogP contribution in [0.4, 0.5) is 5.69 Å². The van der Waals surface area contributed by atoms with E-state index < -0.39 is 5.97 Å². The lowest BCUT2D eigenvalue weighted by atomic mass is 10.2. The molecule has 0 spiro atoms. The van der Waals surface area contributed by atoms with Gasteiger partial charge in [0.15, 0.2) is 5.58 Å². The zero-order chi connectivity index (χ0) is 10.3. The van der Waals surface area contributed by atoms with E-state index in [9.17, 15) is 4.79 Å². The van der Waals surface area contributed by atoms with Crippen LogP contribution in [-0.2, 0) is 0 Å². The van der Waals surface area contributed by atoms with Crippen LogP contribution in [0.5, 0.6) is 0 Å². The highest BCUT2D eigenvalue weighted by Crippen LogP contribution is 2.32. The maximum Gasteiger partial charge on any atom is 0.374 e. The molecule has 3 N–H and O–H groups in total. The second-order valence-corrected chi connectivity index (χ2v) is 3.62. The Hall–Kier alpha value is -1.49. The van der Waals surface area contributed by atoms with Gasteiger partial charge in [-0.3, -0.25) is 0 Å². The van der Waals surface area contributed by atoms with E-state index in [0.717, 1.165) is 0 Å². The lowest BCUT2D eigenvalue weighted by Gasteiger charge is -1.90. The second-order valence-electron chi connectivity index (χ2n) is 2.77. The van der Waals surface area contributed by atoms with Crippen molar-refractivity contribution in [3.05, 3.63) is 28.4 Å². The van der Waals surface area contributed by atoms with Crippen LogP contribution in [-0.4, -0.2) is 11.1 Å². The first kappa shape index (κ1) is 9.08. The number of carboxylic acid groups (broad SMARTS) is 1. The fraction of sp³-hybridized carbons (Fsp3) is 0. The summed E-state index contributed by atoms with van der Waals surface area (Å²) in [4.78, 5) is 10.7. The number of fused-ring (bicyclic) bond motifs is 1. The highest BCUT2D eigenvalue weighted by molar-refractivity contribution is 9.10. The van der Waals surface area contributed by atoms with E-state index in [1.165, 1.54) is 0 Å². The third kappa shape index (κ3) is 1.17. The molecule has 2 aromatic rings. The summed E-state index contributed by atoms with van der Waals surface area (Å²) in [5, 5.41) is 9.38. The fourth-order valence-electron chi connectivity index (χ4n) is 1.26. The van der Waals surface area contributed by atoms with E-state index >= 15 is 0 Å². The standard InChI is InChI=1S/C9H6BrNO3/c10-5-3-1-2-4-6(11)8(9(12)13)14-7(4)5/h1-3H,11H2,(H,12,13). The van der Waals surface area contributed by atoms with Crippen LogP contribution < -0.4 is 5.73 Å². The average molecular weight is 256 g/mol. The quantitative estimate of drug-likeness (QED) is 0.821. The zero-order valence-corrected chi connectivity index (χ0v) is 8.54. The normalized spacial score (nSPS) is 10.6. The number of furan rings is 1. The molecule has 0 fully saturated rings. The van der Waals surface area contributed by atoms with Gasteiger partial charge in [0.2, 0.25) is 5.76 Å². The minimum Gasteiger partial charge on any atom is -0.475 e. The number of nitrogens with two attached hydrogens (primary N) is 1. The van der Waals surface area contributed by atoms with E-state index in [-0.39, 0.29) is 11.4 Å². The van der Waals surface area contributed by atoms with Crippen molar-refractivity contribution < 1.29 is 14.3 Å². The van der Waals surface area contributed by atoms with Crippen molar-refractivity contribution in [2.75, 3.05) is 5.73 Å². The first-order chi connectivity index (χ1) is 6.61. The molecule has 0 atom stereocenters. The van der Waals surface area contributed by atoms with Crippen molar-refractivity contribution in [3.8, 4) is 0 Å². The van der Waals surface area contributed by atoms with Crippen LogP contribution in [0.3, 0.4) is 0 Å². The van der Waals surface area contributed by atoms with Gasteiger partial charge in [0, 0.05) is 5.39 Å². The maximum atomic E-state index is 10.7. The number of rotatable bonds is 1. The zero-order valence-electron chi connectivity index (χ0n) is 6.95. The lowest BCUT2D eigenvalue weighted by Crippen LogP contribution is -1.98. The Labute approximate surface area is 87.4 Å². The van der Waals surface area contributed by atoms with E-state index in [1.807, 2.05) is 0 Å². The Morgan fingerprint density at radius 3 is 2.79 bits per heavy atom. The first-order valence-corrected chi connectivity index (χ1v) is 4.60. The highest BCUT2D eigenvalue weighted by atomic mass is 79.9. The number of halogens is 1. The monoisotopic (exact) mass is 255 g/mol. The first-order valence-electron chi connectivity index (χ1n) is 3.81. The van der Waals surface area contributed by atoms with Crippen LogP contribution in [0.2, 0.25) is 0 Å². The van der Waals surface area contributed by atoms with Crippen molar-refractivity contribution in [3.63, 3.8) is 0 Å². The Bertz CT molecular complexity index is 518. The number of hydrogen-bond acceptors (Lipinski definition) is 3. The van der Waals surface area contributed by atoms with E-state index in [2.05, 4.69) is 15.9 Å². The molecule has 72 valence electrons. The summed E-state index contributed by atoms with van der Waals surface area (Å²) in [6.07, 6.45) is 0. The largest absolute Gasteiger partial charge is 0.475 e. The van der Waals surface area contributed by atoms with E-state index in [1.54, 1.807) is 18.2 Å². The number of nitrogen functional groups attached to an aromatic ring is 1. The second kappa shape index (κ2) is 3.02. The predicted octanol–water partition coefficient (Wildman–Crippen LogP) is 2.48. The molecule has 0 saturated carbocycles. The summed E-state index contributed by atoms with van der Waals surface area (Å²) < 4.78 is 5.81. The molecular formula is C9H6BrNO3. The van der Waals surface area contributed by atoms with Gasteiger partial charge < -0.3 is 15.3 Å². The summed E-state index contributed by atoms with van der Waals surface area (Å²) >= 11 is 3.25. The summed E-state index contributed by atoms with van der Waals surface area (Å²) in [6, 6.07) is 5.24. The van der Waals surface area contributed by atoms with Crippen molar-refractivity contribution >= 4 is 38.6 Å². The third-order valence-electron chi connectivity index (χ3n) is 1.90. The van der Waals surface area contributed by atoms with Crippen LogP contribution in [0.15, 0.2) is 27.1 Å². The molecule has 14 heavy (non-hydrogen) atoms. The van der Waals surface area contributed by atoms with Gasteiger partial charge in [0.25, 0.3) is 0 Å². The lowest BCUT2D eigenvalue weighted by molar-refractivity contribution is 0.0666. The van der Waals surface area contributed by atoms with E-state index in [4.69, 9.17) is 15.3 Å². The SMILES string of the molecule is Nc1c(C(=O)O)oc2c(Br)cccc12. The molecule has 0 aliphatic carbocycles. The smallest absolute Gasteiger partial charge is 0.374 e. The molecule has 0 aliphatic heterocycles. The Kier molecular flexibility index (Phi) is 1.96. The minimum absolute atomic E-state index is 0.161. The highest BCUT2D eigenvalue weighted by Gasteiger charge is 2.18. The molecule has 0 amide bonds. The molecule has 0 bridgehead atoms. The Morgan fingerprint density at radius 1 is 1.50 bits per heavy atom. The molecule has 0 aliphatic rings. The number of carbonyl (C=O) groups is 1. The topological polar surface area (TPSA) is 76.5 Å². The Balaban J connectivity index is 2.86. The van der Waals surface area contributed by atoms with Gasteiger partial charge >= 0.3 is 5.97 Å². The number of benzene rings is 1. The molecule has 0 saturated heterocycles. The molecule has 4 nitrogen and oxygen atoms in total. The summed E-state index contributed by atoms with van der Waals surface area (Å²) in [5.41, 5.74) is 6.23. The van der Waals surface area contributed by atoms with Gasteiger partial charge in [0.05, 0.1) is 10.2 Å². The predicted molar refractivity (Wildman–Crippen MR) is 55.3 cm³/mol. The molecule has 2 rings (SSSR count). The van der Waals surface area contributed by atoms with Crippen molar-refractivity contribution in [1.82, 2.24) is 0 Å². The van der Waals surface area contributed by atoms with Crippen molar-refractivity contribution in [1.29, 1.82) is 0 Å². The number of para-hydroxylation sites is 1.